The molecule has 1 aromatic heterocycles. The molecule has 0 unspecified atom stereocenters. The molecule has 3 rings (SSSR count). The lowest BCUT2D eigenvalue weighted by molar-refractivity contribution is -0.119. The number of nitrogens with two attached hydrogens (primary N) is 1. The zero-order valence-electron chi connectivity index (χ0n) is 15.5. The first-order valence-electron chi connectivity index (χ1n) is 8.48. The Hall–Kier alpha value is -3.33. The van der Waals surface area contributed by atoms with Crippen LogP contribution in [0.25, 0.3) is 11.4 Å². The quantitative estimate of drug-likeness (QED) is 0.345. The Morgan fingerprint density at radius 1 is 1.07 bits per heavy atom. The molecule has 8 nitrogen and oxygen atoms in total. The summed E-state index contributed by atoms with van der Waals surface area (Å²) in [6.45, 7) is 1.94. The molecule has 0 spiro atoms. The predicted molar refractivity (Wildman–Crippen MR) is 108 cm³/mol. The third-order valence-corrected chi connectivity index (χ3v) is 5.02. The van der Waals surface area contributed by atoms with Gasteiger partial charge in [0.2, 0.25) is 5.91 Å². The molecule has 0 atom stereocenters. The highest BCUT2D eigenvalue weighted by molar-refractivity contribution is 7.99. The number of hydrogen-bond donors (Lipinski definition) is 3. The summed E-state index contributed by atoms with van der Waals surface area (Å²) >= 11 is 1.21. The van der Waals surface area contributed by atoms with Crippen LogP contribution in [0, 0.1) is 6.92 Å². The number of anilines is 1. The first kappa shape index (κ1) is 19.4. The lowest BCUT2D eigenvalue weighted by Gasteiger charge is -2.08. The van der Waals surface area contributed by atoms with Crippen molar-refractivity contribution in [2.45, 2.75) is 12.1 Å². The van der Waals surface area contributed by atoms with Crippen molar-refractivity contribution < 1.29 is 9.59 Å². The van der Waals surface area contributed by atoms with Gasteiger partial charge < -0.3 is 10.3 Å². The number of amides is 2. The predicted octanol–water partition coefficient (Wildman–Crippen LogP) is 1.93. The van der Waals surface area contributed by atoms with E-state index in [9.17, 15) is 9.59 Å². The lowest BCUT2D eigenvalue weighted by atomic mass is 10.1. The average Bonchev–Trinajstić information content (AvgIpc) is 3.05. The van der Waals surface area contributed by atoms with Crippen molar-refractivity contribution in [3.05, 3.63) is 59.7 Å². The summed E-state index contributed by atoms with van der Waals surface area (Å²) < 4.78 is 1.77. The topological polar surface area (TPSA) is 115 Å². The molecule has 0 fully saturated rings. The Bertz CT molecular complexity index is 1000. The van der Waals surface area contributed by atoms with E-state index >= 15 is 0 Å². The van der Waals surface area contributed by atoms with Gasteiger partial charge in [0.05, 0.1) is 5.75 Å². The highest BCUT2D eigenvalue weighted by atomic mass is 32.2. The number of benzene rings is 2. The first-order valence-corrected chi connectivity index (χ1v) is 9.47. The van der Waals surface area contributed by atoms with Crippen molar-refractivity contribution >= 4 is 29.3 Å². The number of carbonyl (C=O) groups excluding carboxylic acids is 2. The van der Waals surface area contributed by atoms with Crippen LogP contribution in [0.4, 0.5) is 5.69 Å². The van der Waals surface area contributed by atoms with Crippen LogP contribution in [0.1, 0.15) is 15.9 Å². The number of aryl methyl sites for hydroxylation is 1. The van der Waals surface area contributed by atoms with Gasteiger partial charge in [-0.2, -0.15) is 0 Å². The molecule has 0 radical (unpaired) electrons. The second-order valence-electron chi connectivity index (χ2n) is 6.11. The third-order valence-electron chi connectivity index (χ3n) is 4.00. The smallest absolute Gasteiger partial charge is 0.269 e. The molecular weight excluding hydrogens is 376 g/mol. The number of hydrazine groups is 1. The van der Waals surface area contributed by atoms with E-state index in [1.54, 1.807) is 29.8 Å². The summed E-state index contributed by atoms with van der Waals surface area (Å²) in [5, 5.41) is 8.83. The number of aromatic nitrogens is 3. The molecule has 0 aliphatic heterocycles. The number of hydrogen-bond acceptors (Lipinski definition) is 6. The van der Waals surface area contributed by atoms with Gasteiger partial charge in [-0.25, -0.2) is 0 Å². The van der Waals surface area contributed by atoms with Crippen LogP contribution < -0.4 is 16.6 Å². The van der Waals surface area contributed by atoms with Crippen LogP contribution in [0.2, 0.25) is 0 Å². The van der Waals surface area contributed by atoms with Crippen molar-refractivity contribution in [3.8, 4) is 11.4 Å². The van der Waals surface area contributed by atoms with Gasteiger partial charge in [-0.05, 0) is 31.2 Å². The number of para-hydroxylation sites is 1. The Balaban J connectivity index is 1.54. The summed E-state index contributed by atoms with van der Waals surface area (Å²) in [6.07, 6.45) is 0. The van der Waals surface area contributed by atoms with Gasteiger partial charge in [0.25, 0.3) is 5.91 Å². The molecule has 0 aliphatic carbocycles. The van der Waals surface area contributed by atoms with Gasteiger partial charge in [-0.3, -0.25) is 20.4 Å². The second-order valence-corrected chi connectivity index (χ2v) is 7.05. The molecular formula is C19H20N6O2S. The van der Waals surface area contributed by atoms with Crippen LogP contribution in [0.3, 0.4) is 0 Å². The molecule has 144 valence electrons. The number of nitrogen functional groups attached to an aromatic ring is 1. The lowest BCUT2D eigenvalue weighted by Crippen LogP contribution is -2.42. The van der Waals surface area contributed by atoms with Gasteiger partial charge in [0.1, 0.15) is 0 Å². The van der Waals surface area contributed by atoms with Gasteiger partial charge in [0.15, 0.2) is 11.0 Å². The van der Waals surface area contributed by atoms with E-state index in [2.05, 4.69) is 21.0 Å². The minimum Gasteiger partial charge on any atom is -0.398 e. The molecule has 3 aromatic rings. The van der Waals surface area contributed by atoms with Crippen molar-refractivity contribution in [1.82, 2.24) is 25.6 Å². The largest absolute Gasteiger partial charge is 0.398 e. The molecule has 2 aromatic carbocycles. The molecule has 1 heterocycles. The molecule has 4 N–H and O–H groups in total. The van der Waals surface area contributed by atoms with E-state index in [0.29, 0.717) is 22.2 Å². The molecule has 0 saturated carbocycles. The standard InChI is InChI=1S/C19H20N6O2S/c1-12-7-9-13(10-8-12)18(27)23-21-16(26)11-28-19-24-22-17(25(19)2)14-5-3-4-6-15(14)20/h3-10H,11,20H2,1-2H3,(H,21,26)(H,23,27). The van der Waals surface area contributed by atoms with Crippen molar-refractivity contribution in [3.63, 3.8) is 0 Å². The van der Waals surface area contributed by atoms with Crippen molar-refractivity contribution in [2.24, 2.45) is 7.05 Å². The van der Waals surface area contributed by atoms with Gasteiger partial charge in [-0.15, -0.1) is 10.2 Å². The van der Waals surface area contributed by atoms with E-state index in [4.69, 9.17) is 5.73 Å². The van der Waals surface area contributed by atoms with Crippen LogP contribution in [0.15, 0.2) is 53.7 Å². The van der Waals surface area contributed by atoms with E-state index in [-0.39, 0.29) is 17.6 Å². The van der Waals surface area contributed by atoms with Crippen LogP contribution in [0.5, 0.6) is 0 Å². The van der Waals surface area contributed by atoms with Crippen molar-refractivity contribution in [1.29, 1.82) is 0 Å². The third kappa shape index (κ3) is 4.49. The van der Waals surface area contributed by atoms with Gasteiger partial charge in [-0.1, -0.05) is 41.6 Å². The van der Waals surface area contributed by atoms with Crippen LogP contribution in [-0.2, 0) is 11.8 Å². The summed E-state index contributed by atoms with van der Waals surface area (Å²) in [5.41, 5.74) is 13.7. The first-order chi connectivity index (χ1) is 13.5. The maximum atomic E-state index is 12.0. The Kier molecular flexibility index (Phi) is 5.95. The molecule has 9 heteroatoms. The fourth-order valence-corrected chi connectivity index (χ4v) is 3.16. The number of carbonyl (C=O) groups is 2. The maximum absolute atomic E-state index is 12.0. The van der Waals surface area contributed by atoms with Gasteiger partial charge >= 0.3 is 0 Å². The number of nitrogens with one attached hydrogen (secondary N) is 2. The minimum atomic E-state index is -0.376. The molecule has 28 heavy (non-hydrogen) atoms. The summed E-state index contributed by atoms with van der Waals surface area (Å²) in [4.78, 5) is 24.0. The molecule has 2 amide bonds. The minimum absolute atomic E-state index is 0.0738. The Morgan fingerprint density at radius 3 is 2.50 bits per heavy atom. The Morgan fingerprint density at radius 2 is 1.79 bits per heavy atom. The fourth-order valence-electron chi connectivity index (χ4n) is 2.45. The fraction of sp³-hybridized carbons (Fsp3) is 0.158. The maximum Gasteiger partial charge on any atom is 0.269 e. The van der Waals surface area contributed by atoms with E-state index in [1.807, 2.05) is 37.3 Å². The second kappa shape index (κ2) is 8.57. The molecule has 0 saturated heterocycles. The zero-order valence-corrected chi connectivity index (χ0v) is 16.3. The highest BCUT2D eigenvalue weighted by Gasteiger charge is 2.15. The van der Waals surface area contributed by atoms with Crippen LogP contribution >= 0.6 is 11.8 Å². The number of rotatable bonds is 5. The number of thioether (sulfide) groups is 1. The summed E-state index contributed by atoms with van der Waals surface area (Å²) in [6, 6.07) is 14.4. The number of nitrogens with zero attached hydrogens (tertiary/aromatic N) is 3. The molecule has 0 aliphatic rings. The Labute approximate surface area is 166 Å². The summed E-state index contributed by atoms with van der Waals surface area (Å²) in [7, 11) is 1.81. The normalized spacial score (nSPS) is 10.5. The van der Waals surface area contributed by atoms with E-state index in [1.165, 1.54) is 11.8 Å². The summed E-state index contributed by atoms with van der Waals surface area (Å²) in [5.74, 6) is -0.0356. The van der Waals surface area contributed by atoms with E-state index in [0.717, 1.165) is 11.1 Å². The zero-order chi connectivity index (χ0) is 20.1. The van der Waals surface area contributed by atoms with E-state index < -0.39 is 0 Å². The SMILES string of the molecule is Cc1ccc(C(=O)NNC(=O)CSc2nnc(-c3ccccc3N)n2C)cc1. The van der Waals surface area contributed by atoms with Gasteiger partial charge in [0, 0.05) is 23.9 Å². The average molecular weight is 396 g/mol. The molecule has 0 bridgehead atoms. The monoisotopic (exact) mass is 396 g/mol. The van der Waals surface area contributed by atoms with Crippen LogP contribution in [-0.4, -0.2) is 32.3 Å². The highest BCUT2D eigenvalue weighted by Crippen LogP contribution is 2.26. The van der Waals surface area contributed by atoms with Crippen molar-refractivity contribution in [2.75, 3.05) is 11.5 Å².